The summed E-state index contributed by atoms with van der Waals surface area (Å²) in [4.78, 5) is 15.5. The molecular weight excluding hydrogens is 366 g/mol. The minimum absolute atomic E-state index is 0.289. The summed E-state index contributed by atoms with van der Waals surface area (Å²) in [7, 11) is 3.39. The molecule has 1 aliphatic heterocycles. The number of ether oxygens (including phenoxy) is 3. The second kappa shape index (κ2) is 7.59. The summed E-state index contributed by atoms with van der Waals surface area (Å²) in [6.45, 7) is 9.36. The summed E-state index contributed by atoms with van der Waals surface area (Å²) in [6.07, 6.45) is 3.78. The third kappa shape index (κ3) is 2.92. The normalized spacial score (nSPS) is 31.4. The van der Waals surface area contributed by atoms with E-state index < -0.39 is 0 Å². The van der Waals surface area contributed by atoms with Gasteiger partial charge in [0.1, 0.15) is 5.78 Å². The van der Waals surface area contributed by atoms with Crippen molar-refractivity contribution in [2.75, 3.05) is 33.9 Å². The molecule has 0 radical (unpaired) electrons. The van der Waals surface area contributed by atoms with Gasteiger partial charge < -0.3 is 14.2 Å². The lowest BCUT2D eigenvalue weighted by molar-refractivity contribution is -0.199. The Labute approximate surface area is 174 Å². The summed E-state index contributed by atoms with van der Waals surface area (Å²) < 4.78 is 18.3. The molecule has 1 saturated carbocycles. The molecule has 1 saturated heterocycles. The lowest BCUT2D eigenvalue weighted by Crippen LogP contribution is -2.74. The first-order valence-electron chi connectivity index (χ1n) is 11.1. The minimum Gasteiger partial charge on any atom is -0.493 e. The fraction of sp³-hybridized carbons (Fsp3) is 0.708. The Bertz CT molecular complexity index is 791. The third-order valence-electron chi connectivity index (χ3n) is 7.41. The van der Waals surface area contributed by atoms with Crippen molar-refractivity contribution >= 4 is 5.78 Å². The molecule has 0 aromatic heterocycles. The molecule has 160 valence electrons. The van der Waals surface area contributed by atoms with Crippen molar-refractivity contribution in [2.45, 2.75) is 69.9 Å². The van der Waals surface area contributed by atoms with E-state index in [2.05, 4.69) is 31.7 Å². The van der Waals surface area contributed by atoms with Crippen LogP contribution in [0.3, 0.4) is 0 Å². The molecule has 0 unspecified atom stereocenters. The fourth-order valence-electron chi connectivity index (χ4n) is 6.55. The number of Topliss-reactive ketones (excluding diaryl/α,β-unsaturated/α-hetero) is 1. The van der Waals surface area contributed by atoms with Crippen LogP contribution in [0.4, 0.5) is 0 Å². The first-order valence-corrected chi connectivity index (χ1v) is 11.1. The molecule has 4 rings (SSSR count). The van der Waals surface area contributed by atoms with Gasteiger partial charge in [-0.3, -0.25) is 9.69 Å². The van der Waals surface area contributed by atoms with E-state index in [1.54, 1.807) is 14.2 Å². The highest BCUT2D eigenvalue weighted by Crippen LogP contribution is 2.62. The van der Waals surface area contributed by atoms with Gasteiger partial charge >= 0.3 is 0 Å². The number of hydrogen-bond donors (Lipinski definition) is 0. The fourth-order valence-corrected chi connectivity index (χ4v) is 6.55. The second-order valence-electron chi connectivity index (χ2n) is 9.31. The maximum Gasteiger partial charge on any atom is 0.164 e. The molecule has 2 bridgehead atoms. The standard InChI is InChI=1S/C24H35NO4/c1-6-29-24-10-9-18(26)14-23(24)11-12-25(15-16(2)3)20(24)13-17-7-8-19(27-4)22(28-5)21(17)23/h7-8,16,20H,6,9-15H2,1-5H3/t20-,23-,24-/m1/s1. The van der Waals surface area contributed by atoms with Crippen LogP contribution in [0.5, 0.6) is 11.5 Å². The van der Waals surface area contributed by atoms with Crippen LogP contribution in [-0.2, 0) is 21.4 Å². The molecule has 29 heavy (non-hydrogen) atoms. The zero-order chi connectivity index (χ0) is 20.8. The van der Waals surface area contributed by atoms with Crippen molar-refractivity contribution in [3.63, 3.8) is 0 Å². The van der Waals surface area contributed by atoms with Crippen LogP contribution < -0.4 is 9.47 Å². The molecule has 2 fully saturated rings. The number of carbonyl (C=O) groups excluding carboxylic acids is 1. The van der Waals surface area contributed by atoms with Crippen LogP contribution in [0.1, 0.15) is 57.6 Å². The van der Waals surface area contributed by atoms with E-state index in [9.17, 15) is 4.79 Å². The van der Waals surface area contributed by atoms with E-state index in [1.807, 2.05) is 6.07 Å². The van der Waals surface area contributed by atoms with Crippen molar-refractivity contribution in [1.82, 2.24) is 4.90 Å². The highest BCUT2D eigenvalue weighted by atomic mass is 16.5. The van der Waals surface area contributed by atoms with E-state index in [1.165, 1.54) is 11.1 Å². The van der Waals surface area contributed by atoms with Gasteiger partial charge in [-0.1, -0.05) is 19.9 Å². The number of likely N-dealkylation sites (tertiary alicyclic amines) is 1. The summed E-state index contributed by atoms with van der Waals surface area (Å²) in [5.74, 6) is 2.47. The van der Waals surface area contributed by atoms with Gasteiger partial charge in [-0.2, -0.15) is 0 Å². The van der Waals surface area contributed by atoms with Crippen LogP contribution in [0.2, 0.25) is 0 Å². The highest BCUT2D eigenvalue weighted by molar-refractivity contribution is 5.83. The van der Waals surface area contributed by atoms with Gasteiger partial charge in [-0.15, -0.1) is 0 Å². The number of ketones is 1. The van der Waals surface area contributed by atoms with Crippen LogP contribution in [0.15, 0.2) is 12.1 Å². The molecule has 3 aliphatic rings. The summed E-state index contributed by atoms with van der Waals surface area (Å²) in [5, 5.41) is 0. The van der Waals surface area contributed by atoms with Gasteiger partial charge in [0.05, 0.1) is 19.8 Å². The summed E-state index contributed by atoms with van der Waals surface area (Å²) in [6, 6.07) is 4.48. The molecule has 3 atom stereocenters. The summed E-state index contributed by atoms with van der Waals surface area (Å²) >= 11 is 0. The highest BCUT2D eigenvalue weighted by Gasteiger charge is 2.67. The first-order chi connectivity index (χ1) is 13.9. The van der Waals surface area contributed by atoms with Gasteiger partial charge in [0.25, 0.3) is 0 Å². The Hall–Kier alpha value is -1.59. The number of rotatable bonds is 6. The van der Waals surface area contributed by atoms with Gasteiger partial charge in [-0.05, 0) is 50.3 Å². The SMILES string of the molecule is CCO[C@@]12CCC(=O)C[C@@]13CCN(CC(C)C)[C@@H]2Cc1ccc(OC)c(OC)c13. The monoisotopic (exact) mass is 401 g/mol. The van der Waals surface area contributed by atoms with Crippen molar-refractivity contribution in [3.8, 4) is 11.5 Å². The van der Waals surface area contributed by atoms with Crippen molar-refractivity contribution < 1.29 is 19.0 Å². The molecule has 1 aromatic carbocycles. The van der Waals surface area contributed by atoms with Crippen molar-refractivity contribution in [3.05, 3.63) is 23.3 Å². The average Bonchev–Trinajstić information content (AvgIpc) is 2.69. The van der Waals surface area contributed by atoms with Crippen LogP contribution in [0.25, 0.3) is 0 Å². The Morgan fingerprint density at radius 3 is 2.66 bits per heavy atom. The molecule has 0 spiro atoms. The van der Waals surface area contributed by atoms with E-state index in [0.29, 0.717) is 31.1 Å². The Kier molecular flexibility index (Phi) is 5.41. The largest absolute Gasteiger partial charge is 0.493 e. The molecule has 5 heteroatoms. The van der Waals surface area contributed by atoms with Crippen LogP contribution in [0, 0.1) is 5.92 Å². The van der Waals surface area contributed by atoms with Gasteiger partial charge in [0.2, 0.25) is 0 Å². The molecular formula is C24H35NO4. The number of fused-ring (bicyclic) bond motifs is 1. The lowest BCUT2D eigenvalue weighted by Gasteiger charge is -2.65. The third-order valence-corrected chi connectivity index (χ3v) is 7.41. The predicted octanol–water partition coefficient (Wildman–Crippen LogP) is 3.76. The first kappa shape index (κ1) is 20.7. The van der Waals surface area contributed by atoms with E-state index in [0.717, 1.165) is 43.9 Å². The zero-order valence-electron chi connectivity index (χ0n) is 18.5. The Morgan fingerprint density at radius 1 is 1.21 bits per heavy atom. The topological polar surface area (TPSA) is 48.0 Å². The van der Waals surface area contributed by atoms with Crippen LogP contribution in [-0.4, -0.2) is 56.2 Å². The summed E-state index contributed by atoms with van der Waals surface area (Å²) in [5.41, 5.74) is 1.76. The maximum atomic E-state index is 12.8. The number of hydrogen-bond acceptors (Lipinski definition) is 5. The minimum atomic E-state index is -0.352. The van der Waals surface area contributed by atoms with E-state index >= 15 is 0 Å². The predicted molar refractivity (Wildman–Crippen MR) is 113 cm³/mol. The smallest absolute Gasteiger partial charge is 0.164 e. The molecule has 0 amide bonds. The number of carbonyl (C=O) groups is 1. The molecule has 1 aromatic rings. The Balaban J connectivity index is 1.97. The molecule has 1 heterocycles. The van der Waals surface area contributed by atoms with E-state index in [-0.39, 0.29) is 17.1 Å². The zero-order valence-corrected chi connectivity index (χ0v) is 18.5. The van der Waals surface area contributed by atoms with Crippen LogP contribution >= 0.6 is 0 Å². The maximum absolute atomic E-state index is 12.8. The Morgan fingerprint density at radius 2 is 2.00 bits per heavy atom. The van der Waals surface area contributed by atoms with Gasteiger partial charge in [-0.25, -0.2) is 0 Å². The molecule has 0 N–H and O–H groups in total. The second-order valence-corrected chi connectivity index (χ2v) is 9.31. The van der Waals surface area contributed by atoms with Gasteiger partial charge in [0, 0.05) is 43.0 Å². The number of methoxy groups -OCH3 is 2. The molecule has 5 nitrogen and oxygen atoms in total. The van der Waals surface area contributed by atoms with Crippen molar-refractivity contribution in [2.24, 2.45) is 5.92 Å². The number of nitrogens with zero attached hydrogens (tertiary/aromatic N) is 1. The molecule has 2 aliphatic carbocycles. The average molecular weight is 402 g/mol. The lowest BCUT2D eigenvalue weighted by atomic mass is 9.49. The van der Waals surface area contributed by atoms with E-state index in [4.69, 9.17) is 14.2 Å². The van der Waals surface area contributed by atoms with Crippen molar-refractivity contribution in [1.29, 1.82) is 0 Å². The van der Waals surface area contributed by atoms with Gasteiger partial charge in [0.15, 0.2) is 11.5 Å². The quantitative estimate of drug-likeness (QED) is 0.726. The number of piperidine rings is 1. The number of benzene rings is 1.